The van der Waals surface area contributed by atoms with E-state index in [-0.39, 0.29) is 17.3 Å². The van der Waals surface area contributed by atoms with Gasteiger partial charge in [-0.1, -0.05) is 54.6 Å². The summed E-state index contributed by atoms with van der Waals surface area (Å²) in [5, 5.41) is 7.17. The molecule has 0 aliphatic rings. The number of rotatable bonds is 7. The molecule has 0 bridgehead atoms. The number of sulfonamides is 1. The van der Waals surface area contributed by atoms with Crippen LogP contribution in [0.5, 0.6) is 0 Å². The van der Waals surface area contributed by atoms with Gasteiger partial charge in [0.05, 0.1) is 17.1 Å². The molecule has 172 valence electrons. The Morgan fingerprint density at radius 2 is 1.50 bits per heavy atom. The molecule has 0 aliphatic carbocycles. The topological polar surface area (TPSA) is 95.6 Å². The summed E-state index contributed by atoms with van der Waals surface area (Å²) in [7, 11) is -2.35. The summed E-state index contributed by atoms with van der Waals surface area (Å²) in [4.78, 5) is 24.9. The van der Waals surface area contributed by atoms with Gasteiger partial charge >= 0.3 is 0 Å². The summed E-state index contributed by atoms with van der Waals surface area (Å²) >= 11 is 0. The third kappa shape index (κ3) is 5.07. The fourth-order valence-electron chi connectivity index (χ4n) is 3.47. The molecule has 0 fully saturated rings. The SMILES string of the molecule is CN(c1ccccc1)S(=O)(=O)c1cccc(NC(=O)CNC(=O)c2ccc3ccccc3c2)c1. The van der Waals surface area contributed by atoms with Crippen LogP contribution in [-0.4, -0.2) is 33.8 Å². The number of carbonyl (C=O) groups excluding carboxylic acids is 2. The maximum absolute atomic E-state index is 13.0. The number of para-hydroxylation sites is 1. The standard InChI is InChI=1S/C26H23N3O4S/c1-29(23-11-3-2-4-12-23)34(32,33)24-13-7-10-22(17-24)28-25(30)18-27-26(31)21-15-14-19-8-5-6-9-20(19)16-21/h2-17H,18H2,1H3,(H,27,31)(H,28,30). The highest BCUT2D eigenvalue weighted by Crippen LogP contribution is 2.23. The Morgan fingerprint density at radius 3 is 2.26 bits per heavy atom. The maximum Gasteiger partial charge on any atom is 0.264 e. The second-order valence-corrected chi connectivity index (χ2v) is 9.60. The van der Waals surface area contributed by atoms with Gasteiger partial charge < -0.3 is 10.6 Å². The predicted molar refractivity (Wildman–Crippen MR) is 133 cm³/mol. The van der Waals surface area contributed by atoms with Crippen LogP contribution in [0.3, 0.4) is 0 Å². The molecule has 2 amide bonds. The van der Waals surface area contributed by atoms with Crippen LogP contribution in [0.25, 0.3) is 10.8 Å². The van der Waals surface area contributed by atoms with Gasteiger partial charge in [-0.2, -0.15) is 0 Å². The molecule has 4 aromatic rings. The van der Waals surface area contributed by atoms with Crippen LogP contribution >= 0.6 is 0 Å². The minimum Gasteiger partial charge on any atom is -0.343 e. The minimum atomic E-state index is -3.82. The van der Waals surface area contributed by atoms with Gasteiger partial charge in [0.25, 0.3) is 15.9 Å². The van der Waals surface area contributed by atoms with Gasteiger partial charge in [-0.05, 0) is 53.2 Å². The highest BCUT2D eigenvalue weighted by Gasteiger charge is 2.21. The number of amides is 2. The average molecular weight is 474 g/mol. The largest absolute Gasteiger partial charge is 0.343 e. The van der Waals surface area contributed by atoms with Gasteiger partial charge in [0, 0.05) is 18.3 Å². The Kier molecular flexibility index (Phi) is 6.60. The normalized spacial score (nSPS) is 11.1. The van der Waals surface area contributed by atoms with E-state index in [9.17, 15) is 18.0 Å². The Labute approximate surface area is 198 Å². The van der Waals surface area contributed by atoms with Crippen molar-refractivity contribution in [3.8, 4) is 0 Å². The van der Waals surface area contributed by atoms with Crippen LogP contribution in [-0.2, 0) is 14.8 Å². The van der Waals surface area contributed by atoms with Gasteiger partial charge in [-0.3, -0.25) is 13.9 Å². The van der Waals surface area contributed by atoms with E-state index in [1.807, 2.05) is 30.3 Å². The summed E-state index contributed by atoms with van der Waals surface area (Å²) in [6.45, 7) is -0.257. The summed E-state index contributed by atoms with van der Waals surface area (Å²) in [5.41, 5.74) is 1.28. The van der Waals surface area contributed by atoms with Crippen molar-refractivity contribution in [3.05, 3.63) is 103 Å². The Balaban J connectivity index is 1.40. The lowest BCUT2D eigenvalue weighted by Crippen LogP contribution is -2.33. The van der Waals surface area contributed by atoms with E-state index >= 15 is 0 Å². The fourth-order valence-corrected chi connectivity index (χ4v) is 4.71. The Bertz CT molecular complexity index is 1450. The van der Waals surface area contributed by atoms with Crippen molar-refractivity contribution in [2.24, 2.45) is 0 Å². The number of nitrogens with one attached hydrogen (secondary N) is 2. The smallest absolute Gasteiger partial charge is 0.264 e. The number of anilines is 2. The summed E-state index contributed by atoms with van der Waals surface area (Å²) in [6, 6.07) is 27.7. The van der Waals surface area contributed by atoms with Crippen LogP contribution in [0.15, 0.2) is 102 Å². The zero-order valence-electron chi connectivity index (χ0n) is 18.4. The summed E-state index contributed by atoms with van der Waals surface area (Å²) in [6.07, 6.45) is 0. The van der Waals surface area contributed by atoms with E-state index in [0.717, 1.165) is 10.8 Å². The maximum atomic E-state index is 13.0. The second-order valence-electron chi connectivity index (χ2n) is 7.63. The lowest BCUT2D eigenvalue weighted by molar-refractivity contribution is -0.115. The van der Waals surface area contributed by atoms with Gasteiger partial charge in [0.15, 0.2) is 0 Å². The van der Waals surface area contributed by atoms with E-state index in [1.165, 1.54) is 23.5 Å². The molecule has 8 heteroatoms. The highest BCUT2D eigenvalue weighted by atomic mass is 32.2. The molecule has 0 spiro atoms. The van der Waals surface area contributed by atoms with Crippen LogP contribution in [0, 0.1) is 0 Å². The Morgan fingerprint density at radius 1 is 0.794 bits per heavy atom. The monoisotopic (exact) mass is 473 g/mol. The molecule has 0 heterocycles. The molecule has 0 aliphatic heterocycles. The minimum absolute atomic E-state index is 0.0388. The van der Waals surface area contributed by atoms with Crippen molar-refractivity contribution in [1.29, 1.82) is 0 Å². The first-order chi connectivity index (χ1) is 16.3. The zero-order valence-corrected chi connectivity index (χ0v) is 19.2. The lowest BCUT2D eigenvalue weighted by Gasteiger charge is -2.20. The van der Waals surface area contributed by atoms with E-state index in [0.29, 0.717) is 16.9 Å². The van der Waals surface area contributed by atoms with Gasteiger partial charge in [0.2, 0.25) is 5.91 Å². The molecule has 0 aromatic heterocycles. The fraction of sp³-hybridized carbons (Fsp3) is 0.0769. The third-order valence-corrected chi connectivity index (χ3v) is 7.10. The average Bonchev–Trinajstić information content (AvgIpc) is 2.87. The number of nitrogens with zero attached hydrogens (tertiary/aromatic N) is 1. The Hall–Kier alpha value is -4.17. The van der Waals surface area contributed by atoms with Crippen LogP contribution in [0.4, 0.5) is 11.4 Å². The van der Waals surface area contributed by atoms with Crippen LogP contribution < -0.4 is 14.9 Å². The third-order valence-electron chi connectivity index (χ3n) is 5.32. The number of hydrogen-bond donors (Lipinski definition) is 2. The van der Waals surface area contributed by atoms with Crippen molar-refractivity contribution in [1.82, 2.24) is 5.32 Å². The van der Waals surface area contributed by atoms with Gasteiger partial charge in [-0.25, -0.2) is 8.42 Å². The number of benzene rings is 4. The molecule has 0 saturated heterocycles. The highest BCUT2D eigenvalue weighted by molar-refractivity contribution is 7.92. The molecule has 0 unspecified atom stereocenters. The van der Waals surface area contributed by atoms with Crippen molar-refractivity contribution >= 4 is 44.0 Å². The van der Waals surface area contributed by atoms with E-state index in [4.69, 9.17) is 0 Å². The number of fused-ring (bicyclic) bond motifs is 1. The predicted octanol–water partition coefficient (Wildman–Crippen LogP) is 4.03. The summed E-state index contributed by atoms with van der Waals surface area (Å²) in [5.74, 6) is -0.846. The first-order valence-corrected chi connectivity index (χ1v) is 12.0. The molecule has 0 atom stereocenters. The molecule has 2 N–H and O–H groups in total. The lowest BCUT2D eigenvalue weighted by atomic mass is 10.1. The van der Waals surface area contributed by atoms with Crippen molar-refractivity contribution < 1.29 is 18.0 Å². The van der Waals surface area contributed by atoms with Crippen LogP contribution in [0.2, 0.25) is 0 Å². The van der Waals surface area contributed by atoms with Gasteiger partial charge in [-0.15, -0.1) is 0 Å². The molecule has 0 saturated carbocycles. The number of carbonyl (C=O) groups is 2. The van der Waals surface area contributed by atoms with Crippen molar-refractivity contribution in [2.45, 2.75) is 4.90 Å². The number of hydrogen-bond acceptors (Lipinski definition) is 4. The molecule has 0 radical (unpaired) electrons. The molecule has 7 nitrogen and oxygen atoms in total. The van der Waals surface area contributed by atoms with E-state index < -0.39 is 15.9 Å². The quantitative estimate of drug-likeness (QED) is 0.424. The van der Waals surface area contributed by atoms with Crippen LogP contribution in [0.1, 0.15) is 10.4 Å². The second kappa shape index (κ2) is 9.76. The zero-order chi connectivity index (χ0) is 24.1. The van der Waals surface area contributed by atoms with Crippen molar-refractivity contribution in [2.75, 3.05) is 23.2 Å². The first kappa shape index (κ1) is 23.0. The van der Waals surface area contributed by atoms with Crippen molar-refractivity contribution in [3.63, 3.8) is 0 Å². The molecular weight excluding hydrogens is 450 g/mol. The summed E-state index contributed by atoms with van der Waals surface area (Å²) < 4.78 is 27.2. The molecule has 4 aromatic carbocycles. The molecule has 34 heavy (non-hydrogen) atoms. The molecular formula is C26H23N3O4S. The first-order valence-electron chi connectivity index (χ1n) is 10.6. The van der Waals surface area contributed by atoms with Gasteiger partial charge in [0.1, 0.15) is 0 Å². The van der Waals surface area contributed by atoms with E-state index in [2.05, 4.69) is 10.6 Å². The molecule has 4 rings (SSSR count). The van der Waals surface area contributed by atoms with E-state index in [1.54, 1.807) is 54.6 Å².